The molecule has 0 bridgehead atoms. The standard InChI is InChI=1S/C11H15NO/c1-3-8-13-11-6-4-10(5-7-11)9-12-2/h4-7H,2-3,8-9H2,1H3/q-1. The van der Waals surface area contributed by atoms with E-state index in [9.17, 15) is 0 Å². The number of ether oxygens (including phenoxy) is 1. The molecule has 0 aliphatic carbocycles. The van der Waals surface area contributed by atoms with Crippen LogP contribution in [0.3, 0.4) is 0 Å². The van der Waals surface area contributed by atoms with Gasteiger partial charge in [-0.2, -0.15) is 0 Å². The minimum Gasteiger partial charge on any atom is -0.494 e. The molecule has 0 saturated carbocycles. The minimum atomic E-state index is 0.675. The average molecular weight is 177 g/mol. The Morgan fingerprint density at radius 1 is 1.31 bits per heavy atom. The molecule has 0 heterocycles. The van der Waals surface area contributed by atoms with Gasteiger partial charge in [0, 0.05) is 6.54 Å². The van der Waals surface area contributed by atoms with Crippen LogP contribution in [0.25, 0.3) is 0 Å². The Kier molecular flexibility index (Phi) is 4.33. The fourth-order valence-corrected chi connectivity index (χ4v) is 1.04. The van der Waals surface area contributed by atoms with E-state index < -0.39 is 0 Å². The Hall–Kier alpha value is -1.02. The second-order valence-electron chi connectivity index (χ2n) is 2.87. The van der Waals surface area contributed by atoms with Crippen molar-refractivity contribution in [3.63, 3.8) is 0 Å². The first-order valence-corrected chi connectivity index (χ1v) is 4.51. The van der Waals surface area contributed by atoms with Crippen LogP contribution >= 0.6 is 0 Å². The maximum absolute atomic E-state index is 5.44. The second-order valence-corrected chi connectivity index (χ2v) is 2.87. The lowest BCUT2D eigenvalue weighted by atomic mass is 10.2. The molecule has 1 radical (unpaired) electrons. The van der Waals surface area contributed by atoms with Gasteiger partial charge in [0.2, 0.25) is 0 Å². The molecule has 71 valence electrons. The van der Waals surface area contributed by atoms with Crippen LogP contribution in [0.4, 0.5) is 0 Å². The molecular weight excluding hydrogens is 162 g/mol. The van der Waals surface area contributed by atoms with E-state index in [0.29, 0.717) is 6.54 Å². The van der Waals surface area contributed by atoms with Crippen LogP contribution < -0.4 is 10.1 Å². The van der Waals surface area contributed by atoms with Gasteiger partial charge in [0.25, 0.3) is 0 Å². The normalized spacial score (nSPS) is 10.0. The summed E-state index contributed by atoms with van der Waals surface area (Å²) >= 11 is 0. The zero-order valence-corrected chi connectivity index (χ0v) is 7.99. The molecule has 0 amide bonds. The Morgan fingerprint density at radius 2 is 2.00 bits per heavy atom. The summed E-state index contributed by atoms with van der Waals surface area (Å²) in [6.45, 7) is 3.54. The SMILES string of the molecule is [CH2-][N]Cc1ccc(OCCC)cc1. The lowest BCUT2D eigenvalue weighted by Gasteiger charge is -2.06. The first-order chi connectivity index (χ1) is 6.36. The molecule has 0 saturated heterocycles. The zero-order chi connectivity index (χ0) is 9.52. The average Bonchev–Trinajstić information content (AvgIpc) is 2.17. The highest BCUT2D eigenvalue weighted by Gasteiger charge is 1.92. The summed E-state index contributed by atoms with van der Waals surface area (Å²) in [5.41, 5.74) is 1.17. The molecule has 0 atom stereocenters. The van der Waals surface area contributed by atoms with Crippen molar-refractivity contribution in [2.45, 2.75) is 19.9 Å². The molecule has 0 aromatic heterocycles. The van der Waals surface area contributed by atoms with Crippen molar-refractivity contribution < 1.29 is 4.74 Å². The highest BCUT2D eigenvalue weighted by molar-refractivity contribution is 5.27. The third-order valence-corrected chi connectivity index (χ3v) is 1.69. The largest absolute Gasteiger partial charge is 0.494 e. The smallest absolute Gasteiger partial charge is 0.119 e. The molecule has 2 heteroatoms. The van der Waals surface area contributed by atoms with E-state index >= 15 is 0 Å². The van der Waals surface area contributed by atoms with Gasteiger partial charge in [-0.3, -0.25) is 7.05 Å². The predicted octanol–water partition coefficient (Wildman–Crippen LogP) is 2.37. The molecular formula is C11H15NO-. The number of hydrogen-bond donors (Lipinski definition) is 0. The van der Waals surface area contributed by atoms with Crippen LogP contribution in [0.15, 0.2) is 24.3 Å². The molecule has 1 aromatic rings. The first-order valence-electron chi connectivity index (χ1n) is 4.51. The summed E-state index contributed by atoms with van der Waals surface area (Å²) in [7, 11) is 3.45. The second kappa shape index (κ2) is 5.60. The van der Waals surface area contributed by atoms with Crippen molar-refractivity contribution in [1.29, 1.82) is 0 Å². The molecule has 0 unspecified atom stereocenters. The fraction of sp³-hybridized carbons (Fsp3) is 0.364. The summed E-state index contributed by atoms with van der Waals surface area (Å²) in [4.78, 5) is 0. The Balaban J connectivity index is 2.48. The van der Waals surface area contributed by atoms with Gasteiger partial charge in [-0.05, 0) is 24.1 Å². The summed E-state index contributed by atoms with van der Waals surface area (Å²) in [6, 6.07) is 7.96. The summed E-state index contributed by atoms with van der Waals surface area (Å²) < 4.78 is 5.44. The first kappa shape index (κ1) is 10.1. The van der Waals surface area contributed by atoms with E-state index in [0.717, 1.165) is 18.8 Å². The van der Waals surface area contributed by atoms with Crippen LogP contribution in [-0.4, -0.2) is 6.61 Å². The van der Waals surface area contributed by atoms with Crippen molar-refractivity contribution in [1.82, 2.24) is 5.32 Å². The summed E-state index contributed by atoms with van der Waals surface area (Å²) in [6.07, 6.45) is 1.04. The van der Waals surface area contributed by atoms with Crippen LogP contribution in [-0.2, 0) is 6.54 Å². The lowest BCUT2D eigenvalue weighted by molar-refractivity contribution is 0.317. The number of rotatable bonds is 5. The fourth-order valence-electron chi connectivity index (χ4n) is 1.04. The monoisotopic (exact) mass is 177 g/mol. The number of hydrogen-bond acceptors (Lipinski definition) is 1. The van der Waals surface area contributed by atoms with E-state index in [-0.39, 0.29) is 0 Å². The van der Waals surface area contributed by atoms with Gasteiger partial charge < -0.3 is 10.1 Å². The van der Waals surface area contributed by atoms with Crippen molar-refractivity contribution in [2.24, 2.45) is 0 Å². The summed E-state index contributed by atoms with van der Waals surface area (Å²) in [5, 5.41) is 3.81. The van der Waals surface area contributed by atoms with Crippen LogP contribution in [0.2, 0.25) is 0 Å². The van der Waals surface area contributed by atoms with Gasteiger partial charge in [-0.1, -0.05) is 19.1 Å². The van der Waals surface area contributed by atoms with Crippen molar-refractivity contribution in [2.75, 3.05) is 6.61 Å². The van der Waals surface area contributed by atoms with E-state index in [1.165, 1.54) is 5.56 Å². The van der Waals surface area contributed by atoms with Crippen LogP contribution in [0, 0.1) is 7.05 Å². The molecule has 0 spiro atoms. The van der Waals surface area contributed by atoms with Crippen molar-refractivity contribution in [3.8, 4) is 5.75 Å². The van der Waals surface area contributed by atoms with E-state index in [1.807, 2.05) is 24.3 Å². The lowest BCUT2D eigenvalue weighted by Crippen LogP contribution is -1.97. The Labute approximate surface area is 79.9 Å². The van der Waals surface area contributed by atoms with Gasteiger partial charge in [-0.25, -0.2) is 0 Å². The number of benzene rings is 1. The third kappa shape index (κ3) is 3.47. The molecule has 2 nitrogen and oxygen atoms in total. The third-order valence-electron chi connectivity index (χ3n) is 1.69. The van der Waals surface area contributed by atoms with Crippen molar-refractivity contribution >= 4 is 0 Å². The molecule has 13 heavy (non-hydrogen) atoms. The quantitative estimate of drug-likeness (QED) is 0.633. The van der Waals surface area contributed by atoms with Gasteiger partial charge in [-0.15, -0.1) is 0 Å². The zero-order valence-electron chi connectivity index (χ0n) is 7.99. The molecule has 0 aliphatic heterocycles. The van der Waals surface area contributed by atoms with E-state index in [4.69, 9.17) is 4.74 Å². The minimum absolute atomic E-state index is 0.675. The predicted molar refractivity (Wildman–Crippen MR) is 53.4 cm³/mol. The highest BCUT2D eigenvalue weighted by Crippen LogP contribution is 2.12. The Morgan fingerprint density at radius 3 is 2.54 bits per heavy atom. The van der Waals surface area contributed by atoms with Crippen LogP contribution in [0.1, 0.15) is 18.9 Å². The van der Waals surface area contributed by atoms with Gasteiger partial charge in [0.05, 0.1) is 6.61 Å². The van der Waals surface area contributed by atoms with Gasteiger partial charge >= 0.3 is 0 Å². The molecule has 0 aliphatic rings. The van der Waals surface area contributed by atoms with E-state index in [1.54, 1.807) is 0 Å². The molecule has 0 N–H and O–H groups in total. The maximum Gasteiger partial charge on any atom is 0.119 e. The topological polar surface area (TPSA) is 23.3 Å². The summed E-state index contributed by atoms with van der Waals surface area (Å²) in [5.74, 6) is 0.926. The molecule has 1 aromatic carbocycles. The highest BCUT2D eigenvalue weighted by atomic mass is 16.5. The maximum atomic E-state index is 5.44. The Bertz CT molecular complexity index is 230. The molecule has 1 rings (SSSR count). The van der Waals surface area contributed by atoms with Crippen LogP contribution in [0.5, 0.6) is 5.75 Å². The van der Waals surface area contributed by atoms with Gasteiger partial charge in [0.15, 0.2) is 0 Å². The molecule has 0 fully saturated rings. The number of nitrogens with zero attached hydrogens (tertiary/aromatic N) is 1. The van der Waals surface area contributed by atoms with Gasteiger partial charge in [0.1, 0.15) is 5.75 Å². The van der Waals surface area contributed by atoms with E-state index in [2.05, 4.69) is 19.3 Å². The van der Waals surface area contributed by atoms with Crippen molar-refractivity contribution in [3.05, 3.63) is 36.9 Å².